The second-order valence-corrected chi connectivity index (χ2v) is 4.88. The predicted molar refractivity (Wildman–Crippen MR) is 68.3 cm³/mol. The van der Waals surface area contributed by atoms with E-state index >= 15 is 0 Å². The summed E-state index contributed by atoms with van der Waals surface area (Å²) in [4.78, 5) is 0. The van der Waals surface area contributed by atoms with E-state index in [4.69, 9.17) is 17.3 Å². The van der Waals surface area contributed by atoms with Crippen LogP contribution in [0.1, 0.15) is 17.3 Å². The first-order chi connectivity index (χ1) is 8.02. The standard InChI is InChI=1S/C11H10BrClFN3/c1-17-11(6(12)5-16-17)10(15)9-7(13)3-2-4-8(9)14/h2-5,10H,15H2,1H3. The Kier molecular flexibility index (Phi) is 3.51. The fourth-order valence-corrected chi connectivity index (χ4v) is 2.59. The van der Waals surface area contributed by atoms with Gasteiger partial charge in [0.1, 0.15) is 5.82 Å². The van der Waals surface area contributed by atoms with Crippen LogP contribution >= 0.6 is 27.5 Å². The molecule has 0 saturated heterocycles. The van der Waals surface area contributed by atoms with Crippen LogP contribution in [0.15, 0.2) is 28.9 Å². The fraction of sp³-hybridized carbons (Fsp3) is 0.182. The quantitative estimate of drug-likeness (QED) is 0.925. The molecule has 90 valence electrons. The molecule has 2 rings (SSSR count). The lowest BCUT2D eigenvalue weighted by Crippen LogP contribution is -2.18. The van der Waals surface area contributed by atoms with E-state index in [9.17, 15) is 4.39 Å². The molecule has 3 nitrogen and oxygen atoms in total. The Balaban J connectivity index is 2.55. The largest absolute Gasteiger partial charge is 0.319 e. The van der Waals surface area contributed by atoms with Crippen LogP contribution in [-0.2, 0) is 7.05 Å². The van der Waals surface area contributed by atoms with Crippen molar-refractivity contribution in [3.8, 4) is 0 Å². The van der Waals surface area contributed by atoms with Crippen LogP contribution in [0.4, 0.5) is 4.39 Å². The van der Waals surface area contributed by atoms with Crippen LogP contribution in [0.5, 0.6) is 0 Å². The van der Waals surface area contributed by atoms with Crippen molar-refractivity contribution in [1.82, 2.24) is 9.78 Å². The van der Waals surface area contributed by atoms with Crippen molar-refractivity contribution in [2.24, 2.45) is 12.8 Å². The third kappa shape index (κ3) is 2.22. The molecule has 1 aromatic heterocycles. The third-order valence-electron chi connectivity index (χ3n) is 2.54. The zero-order valence-electron chi connectivity index (χ0n) is 8.99. The number of nitrogens with two attached hydrogens (primary N) is 1. The van der Waals surface area contributed by atoms with Crippen molar-refractivity contribution in [3.63, 3.8) is 0 Å². The Bertz CT molecular complexity index is 516. The second kappa shape index (κ2) is 4.76. The molecule has 17 heavy (non-hydrogen) atoms. The van der Waals surface area contributed by atoms with Crippen molar-refractivity contribution >= 4 is 27.5 Å². The highest BCUT2D eigenvalue weighted by atomic mass is 79.9. The second-order valence-electron chi connectivity index (χ2n) is 3.61. The molecule has 0 amide bonds. The van der Waals surface area contributed by atoms with Crippen molar-refractivity contribution < 1.29 is 4.39 Å². The maximum absolute atomic E-state index is 13.7. The van der Waals surface area contributed by atoms with Gasteiger partial charge in [-0.05, 0) is 28.1 Å². The zero-order chi connectivity index (χ0) is 12.6. The highest BCUT2D eigenvalue weighted by Gasteiger charge is 2.22. The van der Waals surface area contributed by atoms with Gasteiger partial charge < -0.3 is 5.73 Å². The molecule has 0 saturated carbocycles. The van der Waals surface area contributed by atoms with E-state index in [1.165, 1.54) is 6.07 Å². The van der Waals surface area contributed by atoms with Gasteiger partial charge in [0.15, 0.2) is 0 Å². The number of aromatic nitrogens is 2. The van der Waals surface area contributed by atoms with Crippen molar-refractivity contribution in [2.45, 2.75) is 6.04 Å². The van der Waals surface area contributed by atoms with Crippen LogP contribution in [-0.4, -0.2) is 9.78 Å². The number of benzene rings is 1. The molecule has 0 bridgehead atoms. The summed E-state index contributed by atoms with van der Waals surface area (Å²) in [5.41, 5.74) is 7.00. The van der Waals surface area contributed by atoms with Crippen LogP contribution < -0.4 is 5.73 Å². The Morgan fingerprint density at radius 2 is 2.24 bits per heavy atom. The summed E-state index contributed by atoms with van der Waals surface area (Å²) in [5, 5.41) is 4.36. The van der Waals surface area contributed by atoms with Crippen molar-refractivity contribution in [2.75, 3.05) is 0 Å². The van der Waals surface area contributed by atoms with E-state index in [2.05, 4.69) is 21.0 Å². The average molecular weight is 319 g/mol. The van der Waals surface area contributed by atoms with Crippen LogP contribution in [0.3, 0.4) is 0 Å². The van der Waals surface area contributed by atoms with Gasteiger partial charge in [-0.3, -0.25) is 4.68 Å². The molecule has 0 fully saturated rings. The van der Waals surface area contributed by atoms with Crippen LogP contribution in [0.25, 0.3) is 0 Å². The smallest absolute Gasteiger partial charge is 0.129 e. The van der Waals surface area contributed by atoms with Gasteiger partial charge in [0.2, 0.25) is 0 Å². The van der Waals surface area contributed by atoms with Crippen LogP contribution in [0, 0.1) is 5.82 Å². The van der Waals surface area contributed by atoms with Gasteiger partial charge in [-0.2, -0.15) is 5.10 Å². The number of hydrogen-bond acceptors (Lipinski definition) is 2. The van der Waals surface area contributed by atoms with E-state index in [1.54, 1.807) is 30.1 Å². The number of nitrogens with zero attached hydrogens (tertiary/aromatic N) is 2. The summed E-state index contributed by atoms with van der Waals surface area (Å²) in [6, 6.07) is 3.84. The van der Waals surface area contributed by atoms with Gasteiger partial charge in [-0.25, -0.2) is 4.39 Å². The maximum Gasteiger partial charge on any atom is 0.129 e. The zero-order valence-corrected chi connectivity index (χ0v) is 11.3. The number of aryl methyl sites for hydroxylation is 1. The molecule has 1 unspecified atom stereocenters. The van der Waals surface area contributed by atoms with E-state index in [0.717, 1.165) is 4.47 Å². The molecule has 0 aliphatic heterocycles. The van der Waals surface area contributed by atoms with Crippen molar-refractivity contribution in [3.05, 3.63) is 51.0 Å². The van der Waals surface area contributed by atoms with Gasteiger partial charge in [-0.15, -0.1) is 0 Å². The summed E-state index contributed by atoms with van der Waals surface area (Å²) < 4.78 is 16.1. The predicted octanol–water partition coefficient (Wildman–Crippen LogP) is 3.02. The molecular weight excluding hydrogens is 308 g/mol. The minimum Gasteiger partial charge on any atom is -0.319 e. The topological polar surface area (TPSA) is 43.8 Å². The maximum atomic E-state index is 13.7. The number of rotatable bonds is 2. The lowest BCUT2D eigenvalue weighted by atomic mass is 10.0. The molecule has 0 radical (unpaired) electrons. The van der Waals surface area contributed by atoms with E-state index in [0.29, 0.717) is 10.7 Å². The normalized spacial score (nSPS) is 12.8. The first kappa shape index (κ1) is 12.5. The summed E-state index contributed by atoms with van der Waals surface area (Å²) in [6.45, 7) is 0. The Labute approximate surface area is 112 Å². The summed E-state index contributed by atoms with van der Waals surface area (Å²) >= 11 is 9.32. The lowest BCUT2D eigenvalue weighted by Gasteiger charge is -2.15. The minimum absolute atomic E-state index is 0.276. The van der Waals surface area contributed by atoms with E-state index in [1.807, 2.05) is 0 Å². The summed E-state index contributed by atoms with van der Waals surface area (Å²) in [6.07, 6.45) is 1.62. The Morgan fingerprint density at radius 3 is 2.76 bits per heavy atom. The SMILES string of the molecule is Cn1ncc(Br)c1C(N)c1c(F)cccc1Cl. The fourth-order valence-electron chi connectivity index (χ4n) is 1.71. The first-order valence-corrected chi connectivity index (χ1v) is 6.06. The van der Waals surface area contributed by atoms with Gasteiger partial charge in [0.05, 0.1) is 22.4 Å². The van der Waals surface area contributed by atoms with Gasteiger partial charge in [-0.1, -0.05) is 17.7 Å². The Hall–Kier alpha value is -0.910. The average Bonchev–Trinajstić information content (AvgIpc) is 2.58. The number of halogens is 3. The summed E-state index contributed by atoms with van der Waals surface area (Å²) in [5.74, 6) is -0.418. The van der Waals surface area contributed by atoms with Crippen molar-refractivity contribution in [1.29, 1.82) is 0 Å². The third-order valence-corrected chi connectivity index (χ3v) is 3.48. The lowest BCUT2D eigenvalue weighted by molar-refractivity contribution is 0.586. The Morgan fingerprint density at radius 1 is 1.53 bits per heavy atom. The first-order valence-electron chi connectivity index (χ1n) is 4.89. The monoisotopic (exact) mass is 317 g/mol. The molecule has 2 N–H and O–H groups in total. The van der Waals surface area contributed by atoms with Gasteiger partial charge in [0.25, 0.3) is 0 Å². The summed E-state index contributed by atoms with van der Waals surface area (Å²) in [7, 11) is 1.74. The molecule has 1 atom stereocenters. The molecule has 1 heterocycles. The molecule has 0 spiro atoms. The molecular formula is C11H10BrClFN3. The molecule has 6 heteroatoms. The van der Waals surface area contributed by atoms with Gasteiger partial charge >= 0.3 is 0 Å². The highest BCUT2D eigenvalue weighted by molar-refractivity contribution is 9.10. The minimum atomic E-state index is -0.662. The van der Waals surface area contributed by atoms with E-state index < -0.39 is 11.9 Å². The highest BCUT2D eigenvalue weighted by Crippen LogP contribution is 2.31. The molecule has 0 aliphatic rings. The van der Waals surface area contributed by atoms with Crippen LogP contribution in [0.2, 0.25) is 5.02 Å². The molecule has 0 aliphatic carbocycles. The van der Waals surface area contributed by atoms with E-state index in [-0.39, 0.29) is 5.56 Å². The van der Waals surface area contributed by atoms with Gasteiger partial charge in [0, 0.05) is 17.6 Å². The molecule has 2 aromatic rings. The molecule has 1 aromatic carbocycles. The number of hydrogen-bond donors (Lipinski definition) is 1.